The summed E-state index contributed by atoms with van der Waals surface area (Å²) in [5, 5.41) is 0. The maximum atomic E-state index is 11.2. The standard InChI is InChI=1S/C12H20O2/c1-9(2)10-4-3-6-12(8-10)7-5-11(13)14-12/h9-10H,3-8H2,1-2H3. The first-order valence-electron chi connectivity index (χ1n) is 5.83. The summed E-state index contributed by atoms with van der Waals surface area (Å²) in [6.45, 7) is 4.56. The fraction of sp³-hybridized carbons (Fsp3) is 0.917. The van der Waals surface area contributed by atoms with Gasteiger partial charge in [0, 0.05) is 6.42 Å². The highest BCUT2D eigenvalue weighted by Crippen LogP contribution is 2.44. The average Bonchev–Trinajstić information content (AvgIpc) is 2.47. The van der Waals surface area contributed by atoms with Gasteiger partial charge in [0.25, 0.3) is 0 Å². The van der Waals surface area contributed by atoms with Crippen molar-refractivity contribution in [3.8, 4) is 0 Å². The minimum Gasteiger partial charge on any atom is -0.459 e. The second kappa shape index (κ2) is 3.56. The van der Waals surface area contributed by atoms with Crippen LogP contribution in [0.4, 0.5) is 0 Å². The Morgan fingerprint density at radius 2 is 2.21 bits per heavy atom. The number of carbonyl (C=O) groups is 1. The van der Waals surface area contributed by atoms with E-state index in [0.717, 1.165) is 31.1 Å². The predicted octanol–water partition coefficient (Wildman–Crippen LogP) is 2.91. The molecule has 2 heteroatoms. The Hall–Kier alpha value is -0.530. The molecular formula is C12H20O2. The van der Waals surface area contributed by atoms with E-state index in [0.29, 0.717) is 6.42 Å². The lowest BCUT2D eigenvalue weighted by molar-refractivity contribution is -0.152. The van der Waals surface area contributed by atoms with Crippen LogP contribution in [0.1, 0.15) is 52.4 Å². The molecule has 2 fully saturated rings. The van der Waals surface area contributed by atoms with Crippen LogP contribution in [-0.4, -0.2) is 11.6 Å². The van der Waals surface area contributed by atoms with Crippen molar-refractivity contribution >= 4 is 5.97 Å². The molecule has 2 atom stereocenters. The molecule has 0 radical (unpaired) electrons. The average molecular weight is 196 g/mol. The number of carbonyl (C=O) groups excluding carboxylic acids is 1. The molecule has 1 heterocycles. The van der Waals surface area contributed by atoms with E-state index >= 15 is 0 Å². The van der Waals surface area contributed by atoms with Crippen molar-refractivity contribution < 1.29 is 9.53 Å². The summed E-state index contributed by atoms with van der Waals surface area (Å²) >= 11 is 0. The number of ether oxygens (including phenoxy) is 1. The molecule has 2 rings (SSSR count). The molecule has 1 aliphatic heterocycles. The molecule has 1 saturated carbocycles. The quantitative estimate of drug-likeness (QED) is 0.603. The summed E-state index contributed by atoms with van der Waals surface area (Å²) in [7, 11) is 0. The zero-order valence-electron chi connectivity index (χ0n) is 9.21. The molecule has 80 valence electrons. The molecule has 0 aromatic carbocycles. The van der Waals surface area contributed by atoms with Crippen LogP contribution in [0.25, 0.3) is 0 Å². The molecule has 1 saturated heterocycles. The van der Waals surface area contributed by atoms with Crippen LogP contribution in [0.2, 0.25) is 0 Å². The van der Waals surface area contributed by atoms with Gasteiger partial charge in [-0.25, -0.2) is 0 Å². The van der Waals surface area contributed by atoms with Gasteiger partial charge in [-0.1, -0.05) is 13.8 Å². The number of rotatable bonds is 1. The van der Waals surface area contributed by atoms with Gasteiger partial charge in [0.05, 0.1) is 0 Å². The third kappa shape index (κ3) is 1.79. The lowest BCUT2D eigenvalue weighted by Crippen LogP contribution is -2.36. The second-order valence-electron chi connectivity index (χ2n) is 5.26. The molecular weight excluding hydrogens is 176 g/mol. The Morgan fingerprint density at radius 3 is 2.79 bits per heavy atom. The molecule has 2 unspecified atom stereocenters. The predicted molar refractivity (Wildman–Crippen MR) is 54.9 cm³/mol. The fourth-order valence-electron chi connectivity index (χ4n) is 2.93. The maximum absolute atomic E-state index is 11.2. The van der Waals surface area contributed by atoms with E-state index in [9.17, 15) is 4.79 Å². The molecule has 1 aliphatic carbocycles. The third-order valence-corrected chi connectivity index (χ3v) is 3.90. The number of hydrogen-bond donors (Lipinski definition) is 0. The van der Waals surface area contributed by atoms with Gasteiger partial charge in [-0.2, -0.15) is 0 Å². The molecule has 0 amide bonds. The number of esters is 1. The molecule has 0 aromatic rings. The van der Waals surface area contributed by atoms with E-state index in [1.165, 1.54) is 12.8 Å². The molecule has 2 nitrogen and oxygen atoms in total. The van der Waals surface area contributed by atoms with Crippen LogP contribution < -0.4 is 0 Å². The minimum absolute atomic E-state index is 0.0226. The summed E-state index contributed by atoms with van der Waals surface area (Å²) in [5.74, 6) is 1.51. The van der Waals surface area contributed by atoms with Gasteiger partial charge in [-0.3, -0.25) is 4.79 Å². The van der Waals surface area contributed by atoms with E-state index in [1.54, 1.807) is 0 Å². The van der Waals surface area contributed by atoms with Crippen LogP contribution in [0.5, 0.6) is 0 Å². The van der Waals surface area contributed by atoms with E-state index in [1.807, 2.05) is 0 Å². The smallest absolute Gasteiger partial charge is 0.306 e. The van der Waals surface area contributed by atoms with Gasteiger partial charge >= 0.3 is 5.97 Å². The van der Waals surface area contributed by atoms with E-state index in [4.69, 9.17) is 4.74 Å². The van der Waals surface area contributed by atoms with Crippen molar-refractivity contribution in [2.75, 3.05) is 0 Å². The molecule has 1 spiro atoms. The Morgan fingerprint density at radius 1 is 1.43 bits per heavy atom. The summed E-state index contributed by atoms with van der Waals surface area (Å²) in [6, 6.07) is 0. The molecule has 14 heavy (non-hydrogen) atoms. The monoisotopic (exact) mass is 196 g/mol. The Balaban J connectivity index is 2.03. The first-order valence-corrected chi connectivity index (χ1v) is 5.83. The van der Waals surface area contributed by atoms with E-state index < -0.39 is 0 Å². The van der Waals surface area contributed by atoms with Crippen molar-refractivity contribution in [1.82, 2.24) is 0 Å². The molecule has 0 N–H and O–H groups in total. The van der Waals surface area contributed by atoms with E-state index in [2.05, 4.69) is 13.8 Å². The second-order valence-corrected chi connectivity index (χ2v) is 5.26. The SMILES string of the molecule is CC(C)C1CCCC2(CCC(=O)O2)C1. The van der Waals surface area contributed by atoms with Crippen molar-refractivity contribution in [2.24, 2.45) is 11.8 Å². The van der Waals surface area contributed by atoms with Crippen LogP contribution in [0.15, 0.2) is 0 Å². The van der Waals surface area contributed by atoms with Crippen LogP contribution >= 0.6 is 0 Å². The van der Waals surface area contributed by atoms with Gasteiger partial charge in [0.15, 0.2) is 0 Å². The van der Waals surface area contributed by atoms with Gasteiger partial charge in [-0.15, -0.1) is 0 Å². The van der Waals surface area contributed by atoms with Crippen molar-refractivity contribution in [3.63, 3.8) is 0 Å². The Labute approximate surface area is 86.0 Å². The normalized spacial score (nSPS) is 37.9. The topological polar surface area (TPSA) is 26.3 Å². The highest BCUT2D eigenvalue weighted by atomic mass is 16.6. The number of hydrogen-bond acceptors (Lipinski definition) is 2. The van der Waals surface area contributed by atoms with Crippen LogP contribution in [-0.2, 0) is 9.53 Å². The molecule has 0 bridgehead atoms. The van der Waals surface area contributed by atoms with Gasteiger partial charge in [0.1, 0.15) is 5.60 Å². The molecule has 0 aromatic heterocycles. The third-order valence-electron chi connectivity index (χ3n) is 3.90. The van der Waals surface area contributed by atoms with Crippen molar-refractivity contribution in [2.45, 2.75) is 58.0 Å². The van der Waals surface area contributed by atoms with Gasteiger partial charge in [-0.05, 0) is 43.9 Å². The summed E-state index contributed by atoms with van der Waals surface area (Å²) in [6.07, 6.45) is 6.37. The fourth-order valence-corrected chi connectivity index (χ4v) is 2.93. The zero-order chi connectivity index (χ0) is 10.2. The first-order chi connectivity index (χ1) is 6.61. The maximum Gasteiger partial charge on any atom is 0.306 e. The highest BCUT2D eigenvalue weighted by molar-refractivity contribution is 5.72. The van der Waals surface area contributed by atoms with Crippen LogP contribution in [0, 0.1) is 11.8 Å². The van der Waals surface area contributed by atoms with Crippen LogP contribution in [0.3, 0.4) is 0 Å². The minimum atomic E-state index is -0.0513. The summed E-state index contributed by atoms with van der Waals surface area (Å²) in [5.41, 5.74) is -0.0513. The Kier molecular flexibility index (Phi) is 2.54. The van der Waals surface area contributed by atoms with E-state index in [-0.39, 0.29) is 11.6 Å². The lowest BCUT2D eigenvalue weighted by atomic mass is 9.72. The largest absolute Gasteiger partial charge is 0.459 e. The zero-order valence-corrected chi connectivity index (χ0v) is 9.21. The van der Waals surface area contributed by atoms with Crippen molar-refractivity contribution in [3.05, 3.63) is 0 Å². The van der Waals surface area contributed by atoms with Gasteiger partial charge in [0.2, 0.25) is 0 Å². The first kappa shape index (κ1) is 10.0. The highest BCUT2D eigenvalue weighted by Gasteiger charge is 2.44. The Bertz CT molecular complexity index is 234. The lowest BCUT2D eigenvalue weighted by Gasteiger charge is -2.38. The van der Waals surface area contributed by atoms with Gasteiger partial charge < -0.3 is 4.74 Å². The molecule has 2 aliphatic rings. The summed E-state index contributed by atoms with van der Waals surface area (Å²) in [4.78, 5) is 11.2. The summed E-state index contributed by atoms with van der Waals surface area (Å²) < 4.78 is 5.53. The van der Waals surface area contributed by atoms with Crippen molar-refractivity contribution in [1.29, 1.82) is 0 Å².